The van der Waals surface area contributed by atoms with Crippen molar-refractivity contribution < 1.29 is 14.7 Å². The number of phenolic OH excluding ortho intramolecular Hbond substituents is 1. The zero-order valence-electron chi connectivity index (χ0n) is 12.4. The number of nitrogens with one attached hydrogen (secondary N) is 1. The van der Waals surface area contributed by atoms with Gasteiger partial charge in [0, 0.05) is 24.7 Å². The first kappa shape index (κ1) is 15.5. The Morgan fingerprint density at radius 3 is 2.91 bits per heavy atom. The molecule has 1 atom stereocenters. The van der Waals surface area contributed by atoms with E-state index in [1.54, 1.807) is 34.7 Å². The third-order valence-electron chi connectivity index (χ3n) is 3.88. The van der Waals surface area contributed by atoms with Crippen LogP contribution in [-0.2, 0) is 4.79 Å². The maximum Gasteiger partial charge on any atom is 0.257 e. The molecule has 7 heteroatoms. The van der Waals surface area contributed by atoms with Crippen LogP contribution in [0.25, 0.3) is 0 Å². The summed E-state index contributed by atoms with van der Waals surface area (Å²) in [6.45, 7) is 0.943. The molecular weight excluding hydrogens is 314 g/mol. The molecular formula is C16H17N3O3S. The van der Waals surface area contributed by atoms with E-state index in [-0.39, 0.29) is 29.0 Å². The normalized spacial score (nSPS) is 17.7. The van der Waals surface area contributed by atoms with Crippen LogP contribution < -0.4 is 5.32 Å². The van der Waals surface area contributed by atoms with Crippen molar-refractivity contribution in [2.45, 2.75) is 12.8 Å². The zero-order valence-corrected chi connectivity index (χ0v) is 13.3. The largest absolute Gasteiger partial charge is 0.507 e. The third kappa shape index (κ3) is 3.50. The van der Waals surface area contributed by atoms with Crippen LogP contribution in [0.15, 0.2) is 35.8 Å². The van der Waals surface area contributed by atoms with Crippen molar-refractivity contribution >= 4 is 28.3 Å². The maximum absolute atomic E-state index is 12.5. The molecule has 2 heterocycles. The highest BCUT2D eigenvalue weighted by Crippen LogP contribution is 2.24. The summed E-state index contributed by atoms with van der Waals surface area (Å²) in [6.07, 6.45) is 3.13. The van der Waals surface area contributed by atoms with Gasteiger partial charge in [0.05, 0.1) is 11.5 Å². The van der Waals surface area contributed by atoms with Gasteiger partial charge >= 0.3 is 0 Å². The van der Waals surface area contributed by atoms with Gasteiger partial charge in [-0.05, 0) is 25.0 Å². The molecule has 23 heavy (non-hydrogen) atoms. The molecule has 2 amide bonds. The van der Waals surface area contributed by atoms with Crippen LogP contribution in [0.2, 0.25) is 0 Å². The summed E-state index contributed by atoms with van der Waals surface area (Å²) in [7, 11) is 0. The van der Waals surface area contributed by atoms with Crippen molar-refractivity contribution in [3.8, 4) is 5.75 Å². The highest BCUT2D eigenvalue weighted by Gasteiger charge is 2.30. The molecule has 1 fully saturated rings. The number of para-hydroxylation sites is 1. The van der Waals surface area contributed by atoms with Gasteiger partial charge in [0.1, 0.15) is 5.75 Å². The molecule has 1 aromatic carbocycles. The molecule has 0 bridgehead atoms. The van der Waals surface area contributed by atoms with Crippen molar-refractivity contribution in [3.63, 3.8) is 0 Å². The number of carbonyl (C=O) groups is 2. The van der Waals surface area contributed by atoms with Gasteiger partial charge in [0.15, 0.2) is 5.13 Å². The first-order valence-corrected chi connectivity index (χ1v) is 8.31. The molecule has 6 nitrogen and oxygen atoms in total. The molecule has 1 aliphatic rings. The maximum atomic E-state index is 12.5. The quantitative estimate of drug-likeness (QED) is 0.904. The molecule has 0 spiro atoms. The molecule has 2 N–H and O–H groups in total. The van der Waals surface area contributed by atoms with Crippen LogP contribution in [0, 0.1) is 5.92 Å². The fraction of sp³-hybridized carbons (Fsp3) is 0.312. The molecule has 1 aromatic heterocycles. The fourth-order valence-corrected chi connectivity index (χ4v) is 3.22. The summed E-state index contributed by atoms with van der Waals surface area (Å²) in [5, 5.41) is 15.0. The van der Waals surface area contributed by atoms with E-state index in [1.807, 2.05) is 0 Å². The van der Waals surface area contributed by atoms with Gasteiger partial charge in [0.2, 0.25) is 5.91 Å². The Bertz CT molecular complexity index is 702. The Morgan fingerprint density at radius 2 is 2.17 bits per heavy atom. The van der Waals surface area contributed by atoms with Crippen LogP contribution >= 0.6 is 11.3 Å². The summed E-state index contributed by atoms with van der Waals surface area (Å²) in [4.78, 5) is 30.5. The summed E-state index contributed by atoms with van der Waals surface area (Å²) in [6, 6.07) is 6.47. The highest BCUT2D eigenvalue weighted by molar-refractivity contribution is 7.13. The standard InChI is InChI=1S/C16H17N3O3S/c20-13-6-2-1-5-12(13)15(22)19-8-3-4-11(10-19)14(21)18-16-17-7-9-23-16/h1-2,5-7,9,11,20H,3-4,8,10H2,(H,17,18,21)/t11-/m1/s1. The Labute approximate surface area is 137 Å². The molecule has 1 aliphatic heterocycles. The fourth-order valence-electron chi connectivity index (χ4n) is 2.69. The lowest BCUT2D eigenvalue weighted by atomic mass is 9.96. The average molecular weight is 331 g/mol. The van der Waals surface area contributed by atoms with Gasteiger partial charge < -0.3 is 15.3 Å². The molecule has 120 valence electrons. The summed E-state index contributed by atoms with van der Waals surface area (Å²) in [5.41, 5.74) is 0.272. The number of thiazole rings is 1. The monoisotopic (exact) mass is 331 g/mol. The van der Waals surface area contributed by atoms with Gasteiger partial charge in [-0.25, -0.2) is 4.98 Å². The number of rotatable bonds is 3. The first-order valence-electron chi connectivity index (χ1n) is 7.43. The summed E-state index contributed by atoms with van der Waals surface area (Å²) in [5.74, 6) is -0.654. The van der Waals surface area contributed by atoms with Crippen LogP contribution in [0.3, 0.4) is 0 Å². The second kappa shape index (κ2) is 6.78. The SMILES string of the molecule is O=C(Nc1nccs1)[C@@H]1CCCN(C(=O)c2ccccc2O)C1. The lowest BCUT2D eigenvalue weighted by Crippen LogP contribution is -2.43. The molecule has 2 aromatic rings. The van der Waals surface area contributed by atoms with Crippen LogP contribution in [0.4, 0.5) is 5.13 Å². The Kier molecular flexibility index (Phi) is 4.57. The minimum Gasteiger partial charge on any atom is -0.507 e. The number of hydrogen-bond acceptors (Lipinski definition) is 5. The van der Waals surface area contributed by atoms with Crippen molar-refractivity contribution in [1.82, 2.24) is 9.88 Å². The topological polar surface area (TPSA) is 82.5 Å². The molecule has 0 aliphatic carbocycles. The number of aromatic nitrogens is 1. The number of piperidine rings is 1. The summed E-state index contributed by atoms with van der Waals surface area (Å²) >= 11 is 1.36. The van der Waals surface area contributed by atoms with Crippen molar-refractivity contribution in [2.75, 3.05) is 18.4 Å². The van der Waals surface area contributed by atoms with E-state index >= 15 is 0 Å². The predicted octanol–water partition coefficient (Wildman–Crippen LogP) is 2.34. The van der Waals surface area contributed by atoms with Gasteiger partial charge in [-0.1, -0.05) is 12.1 Å². The Hall–Kier alpha value is -2.41. The number of phenols is 1. The third-order valence-corrected chi connectivity index (χ3v) is 4.56. The van der Waals surface area contributed by atoms with Crippen molar-refractivity contribution in [2.24, 2.45) is 5.92 Å². The number of likely N-dealkylation sites (tertiary alicyclic amines) is 1. The van der Waals surface area contributed by atoms with Crippen LogP contribution in [0.1, 0.15) is 23.2 Å². The van der Waals surface area contributed by atoms with E-state index in [0.29, 0.717) is 18.2 Å². The summed E-state index contributed by atoms with van der Waals surface area (Å²) < 4.78 is 0. The molecule has 1 saturated heterocycles. The van der Waals surface area contributed by atoms with E-state index < -0.39 is 0 Å². The van der Waals surface area contributed by atoms with E-state index in [2.05, 4.69) is 10.3 Å². The minimum absolute atomic E-state index is 0.0353. The lowest BCUT2D eigenvalue weighted by Gasteiger charge is -2.32. The minimum atomic E-state index is -0.262. The molecule has 0 radical (unpaired) electrons. The Balaban J connectivity index is 1.67. The number of anilines is 1. The smallest absolute Gasteiger partial charge is 0.257 e. The number of amides is 2. The van der Waals surface area contributed by atoms with E-state index in [1.165, 1.54) is 17.4 Å². The lowest BCUT2D eigenvalue weighted by molar-refractivity contribution is -0.121. The van der Waals surface area contributed by atoms with Crippen molar-refractivity contribution in [3.05, 3.63) is 41.4 Å². The second-order valence-corrected chi connectivity index (χ2v) is 6.33. The zero-order chi connectivity index (χ0) is 16.2. The number of aromatic hydroxyl groups is 1. The van der Waals surface area contributed by atoms with Gasteiger partial charge in [-0.3, -0.25) is 9.59 Å². The van der Waals surface area contributed by atoms with Crippen LogP contribution in [0.5, 0.6) is 5.75 Å². The van der Waals surface area contributed by atoms with Gasteiger partial charge in [-0.15, -0.1) is 11.3 Å². The number of benzene rings is 1. The van der Waals surface area contributed by atoms with Crippen molar-refractivity contribution in [1.29, 1.82) is 0 Å². The molecule has 3 rings (SSSR count). The van der Waals surface area contributed by atoms with Gasteiger partial charge in [-0.2, -0.15) is 0 Å². The van der Waals surface area contributed by atoms with Gasteiger partial charge in [0.25, 0.3) is 5.91 Å². The Morgan fingerprint density at radius 1 is 1.35 bits per heavy atom. The number of nitrogens with zero attached hydrogens (tertiary/aromatic N) is 2. The second-order valence-electron chi connectivity index (χ2n) is 5.43. The van der Waals surface area contributed by atoms with E-state index in [4.69, 9.17) is 0 Å². The average Bonchev–Trinajstić information content (AvgIpc) is 3.08. The number of hydrogen-bond donors (Lipinski definition) is 2. The van der Waals surface area contributed by atoms with E-state index in [0.717, 1.165) is 12.8 Å². The number of carbonyl (C=O) groups excluding carboxylic acids is 2. The first-order chi connectivity index (χ1) is 11.1. The van der Waals surface area contributed by atoms with Crippen LogP contribution in [-0.4, -0.2) is 39.9 Å². The molecule has 0 unspecified atom stereocenters. The van der Waals surface area contributed by atoms with E-state index in [9.17, 15) is 14.7 Å². The predicted molar refractivity (Wildman–Crippen MR) is 87.5 cm³/mol. The molecule has 0 saturated carbocycles. The highest BCUT2D eigenvalue weighted by atomic mass is 32.1.